The van der Waals surface area contributed by atoms with Gasteiger partial charge in [-0.3, -0.25) is 9.59 Å². The van der Waals surface area contributed by atoms with Crippen molar-refractivity contribution in [2.45, 2.75) is 19.5 Å². The highest BCUT2D eigenvalue weighted by molar-refractivity contribution is 5.79. The third-order valence-corrected chi connectivity index (χ3v) is 2.59. The molecule has 1 heterocycles. The molecule has 0 aliphatic heterocycles. The van der Waals surface area contributed by atoms with Crippen LogP contribution in [0.15, 0.2) is 6.20 Å². The molecule has 0 bridgehead atoms. The zero-order valence-electron chi connectivity index (χ0n) is 11.6. The summed E-state index contributed by atoms with van der Waals surface area (Å²) < 4.78 is 6.28. The van der Waals surface area contributed by atoms with Gasteiger partial charge in [0, 0.05) is 13.7 Å². The van der Waals surface area contributed by atoms with Crippen LogP contribution in [0.2, 0.25) is 0 Å². The van der Waals surface area contributed by atoms with Crippen LogP contribution in [0.25, 0.3) is 0 Å². The van der Waals surface area contributed by atoms with Crippen LogP contribution in [-0.4, -0.2) is 53.6 Å². The van der Waals surface area contributed by atoms with Gasteiger partial charge in [0.25, 0.3) is 0 Å². The number of methoxy groups -OCH3 is 1. The molecule has 0 aromatic carbocycles. The van der Waals surface area contributed by atoms with E-state index < -0.39 is 6.04 Å². The molecule has 2 amide bonds. The van der Waals surface area contributed by atoms with Crippen molar-refractivity contribution >= 4 is 11.8 Å². The van der Waals surface area contributed by atoms with Crippen LogP contribution in [0.1, 0.15) is 18.7 Å². The minimum atomic E-state index is -0.488. The van der Waals surface area contributed by atoms with E-state index in [1.165, 1.54) is 4.68 Å². The first-order valence-electron chi connectivity index (χ1n) is 6.22. The predicted molar refractivity (Wildman–Crippen MR) is 70.5 cm³/mol. The van der Waals surface area contributed by atoms with Crippen molar-refractivity contribution in [3.8, 4) is 0 Å². The van der Waals surface area contributed by atoms with E-state index in [9.17, 15) is 9.59 Å². The SMILES string of the molecule is COCCNC(=O)C(C)n1cc(CNC(=O)CN)nn1. The Labute approximate surface area is 116 Å². The van der Waals surface area contributed by atoms with Crippen molar-refractivity contribution in [1.82, 2.24) is 25.6 Å². The average Bonchev–Trinajstić information content (AvgIpc) is 2.92. The maximum atomic E-state index is 11.8. The lowest BCUT2D eigenvalue weighted by Gasteiger charge is -2.11. The molecule has 1 atom stereocenters. The molecule has 1 unspecified atom stereocenters. The number of ether oxygens (including phenoxy) is 1. The maximum Gasteiger partial charge on any atom is 0.244 e. The first-order chi connectivity index (χ1) is 9.58. The van der Waals surface area contributed by atoms with E-state index >= 15 is 0 Å². The fourth-order valence-corrected chi connectivity index (χ4v) is 1.39. The minimum absolute atomic E-state index is 0.0769. The topological polar surface area (TPSA) is 124 Å². The van der Waals surface area contributed by atoms with Crippen molar-refractivity contribution in [1.29, 1.82) is 0 Å². The fourth-order valence-electron chi connectivity index (χ4n) is 1.39. The number of hydrogen-bond acceptors (Lipinski definition) is 6. The second-order valence-corrected chi connectivity index (χ2v) is 4.13. The van der Waals surface area contributed by atoms with Gasteiger partial charge in [0.2, 0.25) is 11.8 Å². The predicted octanol–water partition coefficient (Wildman–Crippen LogP) is -1.82. The van der Waals surface area contributed by atoms with Gasteiger partial charge >= 0.3 is 0 Å². The summed E-state index contributed by atoms with van der Waals surface area (Å²) in [5.41, 5.74) is 5.73. The largest absolute Gasteiger partial charge is 0.383 e. The summed E-state index contributed by atoms with van der Waals surface area (Å²) in [6, 6.07) is -0.488. The van der Waals surface area contributed by atoms with E-state index in [-0.39, 0.29) is 24.9 Å². The van der Waals surface area contributed by atoms with Crippen LogP contribution in [0, 0.1) is 0 Å². The molecule has 0 aliphatic carbocycles. The highest BCUT2D eigenvalue weighted by Gasteiger charge is 2.16. The molecule has 0 radical (unpaired) electrons. The Morgan fingerprint density at radius 3 is 2.90 bits per heavy atom. The Hall–Kier alpha value is -2.00. The molecule has 0 saturated heterocycles. The van der Waals surface area contributed by atoms with Crippen LogP contribution < -0.4 is 16.4 Å². The molecule has 0 spiro atoms. The molecule has 0 aliphatic rings. The quantitative estimate of drug-likeness (QED) is 0.483. The third-order valence-electron chi connectivity index (χ3n) is 2.59. The summed E-state index contributed by atoms with van der Waals surface area (Å²) >= 11 is 0. The van der Waals surface area contributed by atoms with Crippen molar-refractivity contribution in [2.75, 3.05) is 26.8 Å². The van der Waals surface area contributed by atoms with Gasteiger partial charge in [0.1, 0.15) is 11.7 Å². The summed E-state index contributed by atoms with van der Waals surface area (Å²) in [4.78, 5) is 22.8. The Morgan fingerprint density at radius 1 is 1.50 bits per heavy atom. The number of aromatic nitrogens is 3. The van der Waals surface area contributed by atoms with Gasteiger partial charge in [-0.05, 0) is 6.92 Å². The summed E-state index contributed by atoms with van der Waals surface area (Å²) in [5.74, 6) is -0.450. The molecule has 1 aromatic rings. The van der Waals surface area contributed by atoms with E-state index in [0.29, 0.717) is 18.8 Å². The smallest absolute Gasteiger partial charge is 0.244 e. The van der Waals surface area contributed by atoms with E-state index in [1.807, 2.05) is 0 Å². The van der Waals surface area contributed by atoms with Gasteiger partial charge in [-0.25, -0.2) is 4.68 Å². The number of rotatable bonds is 8. The number of nitrogens with zero attached hydrogens (tertiary/aromatic N) is 3. The highest BCUT2D eigenvalue weighted by Crippen LogP contribution is 2.04. The third kappa shape index (κ3) is 4.94. The molecular formula is C11H20N6O3. The Morgan fingerprint density at radius 2 is 2.25 bits per heavy atom. The standard InChI is InChI=1S/C11H20N6O3/c1-8(11(19)13-3-4-20-2)17-7-9(15-16-17)6-14-10(18)5-12/h7-8H,3-6,12H2,1-2H3,(H,13,19)(H,14,18). The molecule has 20 heavy (non-hydrogen) atoms. The summed E-state index contributed by atoms with van der Waals surface area (Å²) in [5, 5.41) is 13.0. The lowest BCUT2D eigenvalue weighted by molar-refractivity contribution is -0.124. The van der Waals surface area contributed by atoms with Gasteiger partial charge in [-0.1, -0.05) is 5.21 Å². The number of nitrogens with one attached hydrogen (secondary N) is 2. The molecule has 0 saturated carbocycles. The molecule has 4 N–H and O–H groups in total. The molecule has 9 heteroatoms. The average molecular weight is 284 g/mol. The van der Waals surface area contributed by atoms with Crippen molar-refractivity contribution in [3.05, 3.63) is 11.9 Å². The molecular weight excluding hydrogens is 264 g/mol. The lowest BCUT2D eigenvalue weighted by atomic mass is 10.3. The van der Waals surface area contributed by atoms with Gasteiger partial charge in [-0.2, -0.15) is 0 Å². The van der Waals surface area contributed by atoms with E-state index in [2.05, 4.69) is 20.9 Å². The van der Waals surface area contributed by atoms with Crippen LogP contribution in [0.3, 0.4) is 0 Å². The fraction of sp³-hybridized carbons (Fsp3) is 0.636. The molecule has 112 valence electrons. The van der Waals surface area contributed by atoms with Gasteiger partial charge in [0.15, 0.2) is 0 Å². The van der Waals surface area contributed by atoms with Crippen molar-refractivity contribution < 1.29 is 14.3 Å². The minimum Gasteiger partial charge on any atom is -0.383 e. The van der Waals surface area contributed by atoms with Crippen LogP contribution >= 0.6 is 0 Å². The van der Waals surface area contributed by atoms with E-state index in [4.69, 9.17) is 10.5 Å². The lowest BCUT2D eigenvalue weighted by Crippen LogP contribution is -2.33. The molecule has 9 nitrogen and oxygen atoms in total. The van der Waals surface area contributed by atoms with Crippen molar-refractivity contribution in [3.63, 3.8) is 0 Å². The second kappa shape index (κ2) is 8.23. The number of carbonyl (C=O) groups is 2. The number of amides is 2. The van der Waals surface area contributed by atoms with Gasteiger partial charge < -0.3 is 21.1 Å². The Bertz CT molecular complexity index is 447. The zero-order valence-corrected chi connectivity index (χ0v) is 11.6. The number of carbonyl (C=O) groups excluding carboxylic acids is 2. The van der Waals surface area contributed by atoms with Crippen molar-refractivity contribution in [2.24, 2.45) is 5.73 Å². The van der Waals surface area contributed by atoms with Crippen LogP contribution in [-0.2, 0) is 20.9 Å². The second-order valence-electron chi connectivity index (χ2n) is 4.13. The summed E-state index contributed by atoms with van der Waals surface area (Å²) in [6.07, 6.45) is 1.61. The molecule has 0 fully saturated rings. The molecule has 1 rings (SSSR count). The monoisotopic (exact) mass is 284 g/mol. The number of hydrogen-bond donors (Lipinski definition) is 3. The summed E-state index contributed by atoms with van der Waals surface area (Å²) in [6.45, 7) is 2.75. The Balaban J connectivity index is 2.48. The van der Waals surface area contributed by atoms with Gasteiger partial charge in [-0.15, -0.1) is 5.10 Å². The van der Waals surface area contributed by atoms with E-state index in [0.717, 1.165) is 0 Å². The summed E-state index contributed by atoms with van der Waals surface area (Å²) in [7, 11) is 1.56. The first-order valence-corrected chi connectivity index (χ1v) is 6.22. The first kappa shape index (κ1) is 16.1. The highest BCUT2D eigenvalue weighted by atomic mass is 16.5. The Kier molecular flexibility index (Phi) is 6.60. The molecule has 1 aromatic heterocycles. The van der Waals surface area contributed by atoms with E-state index in [1.54, 1.807) is 20.2 Å². The normalized spacial score (nSPS) is 11.9. The maximum absolute atomic E-state index is 11.8. The zero-order chi connectivity index (χ0) is 15.0. The van der Waals surface area contributed by atoms with Crippen LogP contribution in [0.5, 0.6) is 0 Å². The van der Waals surface area contributed by atoms with Gasteiger partial charge in [0.05, 0.1) is 25.9 Å². The van der Waals surface area contributed by atoms with Crippen LogP contribution in [0.4, 0.5) is 0 Å². The number of nitrogens with two attached hydrogens (primary N) is 1.